The predicted molar refractivity (Wildman–Crippen MR) is 80.3 cm³/mol. The van der Waals surface area contributed by atoms with Crippen molar-refractivity contribution >= 4 is 29.9 Å². The molecule has 1 aromatic rings. The maximum absolute atomic E-state index is 13.5. The summed E-state index contributed by atoms with van der Waals surface area (Å²) in [5.74, 6) is -0.384. The Labute approximate surface area is 133 Å². The van der Waals surface area contributed by atoms with Crippen LogP contribution in [0, 0.1) is 11.7 Å². The van der Waals surface area contributed by atoms with Gasteiger partial charge in [0.1, 0.15) is 11.9 Å². The third kappa shape index (κ3) is 3.48. The highest BCUT2D eigenvalue weighted by atomic mass is 35.5. The zero-order valence-electron chi connectivity index (χ0n) is 11.3. The quantitative estimate of drug-likeness (QED) is 0.889. The zero-order valence-corrected chi connectivity index (χ0v) is 12.8. The van der Waals surface area contributed by atoms with Crippen LogP contribution in [0.5, 0.6) is 0 Å². The van der Waals surface area contributed by atoms with Crippen LogP contribution in [0.2, 0.25) is 5.02 Å². The number of hydrogen-bond donors (Lipinski definition) is 2. The average Bonchev–Trinajstić information content (AvgIpc) is 2.78. The number of nitrogens with one attached hydrogen (secondary N) is 2. The van der Waals surface area contributed by atoms with E-state index in [-0.39, 0.29) is 41.4 Å². The summed E-state index contributed by atoms with van der Waals surface area (Å²) >= 11 is 5.68. The van der Waals surface area contributed by atoms with Gasteiger partial charge in [0.05, 0.1) is 17.0 Å². The average molecular weight is 335 g/mol. The van der Waals surface area contributed by atoms with Gasteiger partial charge >= 0.3 is 0 Å². The molecule has 2 atom stereocenters. The molecule has 1 aromatic carbocycles. The maximum atomic E-state index is 13.5. The van der Waals surface area contributed by atoms with E-state index in [4.69, 9.17) is 16.3 Å². The van der Waals surface area contributed by atoms with Gasteiger partial charge in [-0.2, -0.15) is 0 Å². The van der Waals surface area contributed by atoms with E-state index in [9.17, 15) is 9.18 Å². The summed E-state index contributed by atoms with van der Waals surface area (Å²) in [6.45, 7) is 2.00. The fourth-order valence-corrected chi connectivity index (χ4v) is 2.65. The highest BCUT2D eigenvalue weighted by Crippen LogP contribution is 2.31. The van der Waals surface area contributed by atoms with E-state index in [1.165, 1.54) is 12.1 Å². The summed E-state index contributed by atoms with van der Waals surface area (Å²) in [6.07, 6.45) is 0.430. The summed E-state index contributed by atoms with van der Waals surface area (Å²) in [5.41, 5.74) is 0.710. The summed E-state index contributed by atoms with van der Waals surface area (Å²) in [4.78, 5) is 12.0. The molecular formula is C14H17Cl2FN2O2. The molecule has 0 spiro atoms. The Morgan fingerprint density at radius 3 is 2.81 bits per heavy atom. The number of amides is 1. The van der Waals surface area contributed by atoms with Crippen molar-refractivity contribution in [3.63, 3.8) is 0 Å². The molecule has 2 unspecified atom stereocenters. The van der Waals surface area contributed by atoms with Gasteiger partial charge in [-0.05, 0) is 24.1 Å². The first-order valence-corrected chi connectivity index (χ1v) is 7.10. The number of hydrogen-bond acceptors (Lipinski definition) is 3. The number of halogens is 3. The third-order valence-electron chi connectivity index (χ3n) is 3.84. The summed E-state index contributed by atoms with van der Waals surface area (Å²) in [6, 6.07) is 4.53. The van der Waals surface area contributed by atoms with Crippen LogP contribution in [-0.4, -0.2) is 31.6 Å². The highest BCUT2D eigenvalue weighted by molar-refractivity contribution is 6.30. The van der Waals surface area contributed by atoms with Gasteiger partial charge in [0.25, 0.3) is 0 Å². The molecule has 2 fully saturated rings. The molecule has 2 heterocycles. The monoisotopic (exact) mass is 334 g/mol. The van der Waals surface area contributed by atoms with Crippen LogP contribution in [0.15, 0.2) is 18.2 Å². The van der Waals surface area contributed by atoms with E-state index < -0.39 is 5.82 Å². The third-order valence-corrected chi connectivity index (χ3v) is 4.15. The molecule has 7 heteroatoms. The lowest BCUT2D eigenvalue weighted by atomic mass is 9.98. The van der Waals surface area contributed by atoms with Crippen molar-refractivity contribution in [3.8, 4) is 0 Å². The van der Waals surface area contributed by atoms with Crippen molar-refractivity contribution in [3.05, 3.63) is 34.6 Å². The van der Waals surface area contributed by atoms with Gasteiger partial charge in [0.2, 0.25) is 5.91 Å². The van der Waals surface area contributed by atoms with Crippen molar-refractivity contribution < 1.29 is 13.9 Å². The van der Waals surface area contributed by atoms with Crippen molar-refractivity contribution in [2.75, 3.05) is 19.7 Å². The molecule has 2 N–H and O–H groups in total. The first-order chi connectivity index (χ1) is 9.65. The minimum atomic E-state index is -0.465. The minimum absolute atomic E-state index is 0. The number of ether oxygens (including phenoxy) is 1. The summed E-state index contributed by atoms with van der Waals surface area (Å²) < 4.78 is 19.2. The highest BCUT2D eigenvalue weighted by Gasteiger charge is 2.34. The number of carbonyl (C=O) groups excluding carboxylic acids is 1. The zero-order chi connectivity index (χ0) is 14.1. The fourth-order valence-electron chi connectivity index (χ4n) is 2.53. The smallest absolute Gasteiger partial charge is 0.226 e. The van der Waals surface area contributed by atoms with Crippen LogP contribution in [-0.2, 0) is 9.53 Å². The lowest BCUT2D eigenvalue weighted by Gasteiger charge is -2.28. The predicted octanol–water partition coefficient (Wildman–Crippen LogP) is 2.07. The van der Waals surface area contributed by atoms with E-state index >= 15 is 0 Å². The second-order valence-electron chi connectivity index (χ2n) is 5.22. The van der Waals surface area contributed by atoms with Gasteiger partial charge < -0.3 is 15.4 Å². The Morgan fingerprint density at radius 1 is 1.43 bits per heavy atom. The van der Waals surface area contributed by atoms with Gasteiger partial charge in [-0.3, -0.25) is 4.79 Å². The van der Waals surface area contributed by atoms with Crippen LogP contribution in [0.3, 0.4) is 0 Å². The fraction of sp³-hybridized carbons (Fsp3) is 0.500. The van der Waals surface area contributed by atoms with E-state index in [0.29, 0.717) is 12.2 Å². The molecule has 4 nitrogen and oxygen atoms in total. The van der Waals surface area contributed by atoms with Gasteiger partial charge in [-0.25, -0.2) is 4.39 Å². The van der Waals surface area contributed by atoms with E-state index in [1.54, 1.807) is 6.07 Å². The van der Waals surface area contributed by atoms with Crippen LogP contribution in [0.1, 0.15) is 18.1 Å². The molecule has 2 aliphatic rings. The van der Waals surface area contributed by atoms with E-state index in [1.807, 2.05) is 0 Å². The molecule has 3 rings (SSSR count). The summed E-state index contributed by atoms with van der Waals surface area (Å²) in [7, 11) is 0. The molecule has 0 saturated carbocycles. The van der Waals surface area contributed by atoms with E-state index in [0.717, 1.165) is 19.5 Å². The molecule has 0 radical (unpaired) electrons. The van der Waals surface area contributed by atoms with Crippen LogP contribution < -0.4 is 10.6 Å². The SMILES string of the molecule is Cl.O=C(NC1CCOC1c1ccc(Cl)c(F)c1)C1CNC1. The maximum Gasteiger partial charge on any atom is 0.226 e. The number of carbonyl (C=O) groups is 1. The van der Waals surface area contributed by atoms with Crippen LogP contribution in [0.25, 0.3) is 0 Å². The molecule has 0 aromatic heterocycles. The normalized spacial score (nSPS) is 25.0. The van der Waals surface area contributed by atoms with Gasteiger partial charge in [-0.15, -0.1) is 12.4 Å². The first-order valence-electron chi connectivity index (χ1n) is 6.73. The topological polar surface area (TPSA) is 50.4 Å². The largest absolute Gasteiger partial charge is 0.371 e. The van der Waals surface area contributed by atoms with Crippen molar-refractivity contribution in [2.24, 2.45) is 5.92 Å². The van der Waals surface area contributed by atoms with Gasteiger partial charge in [0.15, 0.2) is 0 Å². The Balaban J connectivity index is 0.00000161. The van der Waals surface area contributed by atoms with Crippen molar-refractivity contribution in [1.29, 1.82) is 0 Å². The Bertz CT molecular complexity index is 526. The Morgan fingerprint density at radius 2 is 2.19 bits per heavy atom. The molecule has 21 heavy (non-hydrogen) atoms. The Hall–Kier alpha value is -0.880. The van der Waals surface area contributed by atoms with Crippen LogP contribution in [0.4, 0.5) is 4.39 Å². The number of rotatable bonds is 3. The second kappa shape index (κ2) is 6.92. The number of benzene rings is 1. The molecule has 116 valence electrons. The standard InChI is InChI=1S/C14H16ClFN2O2.ClH/c15-10-2-1-8(5-11(10)16)13-12(3-4-20-13)18-14(19)9-6-17-7-9;/h1-2,5,9,12-13,17H,3-4,6-7H2,(H,18,19);1H. The lowest BCUT2D eigenvalue weighted by Crippen LogP contribution is -2.53. The molecule has 0 aliphatic carbocycles. The molecule has 0 bridgehead atoms. The first kappa shape index (κ1) is 16.5. The molecule has 1 amide bonds. The van der Waals surface area contributed by atoms with Crippen molar-refractivity contribution in [1.82, 2.24) is 10.6 Å². The van der Waals surface area contributed by atoms with Gasteiger partial charge in [-0.1, -0.05) is 17.7 Å². The minimum Gasteiger partial charge on any atom is -0.371 e. The molecule has 2 saturated heterocycles. The van der Waals surface area contributed by atoms with Gasteiger partial charge in [0, 0.05) is 19.7 Å². The summed E-state index contributed by atoms with van der Waals surface area (Å²) in [5, 5.41) is 6.16. The molecular weight excluding hydrogens is 318 g/mol. The molecule has 2 aliphatic heterocycles. The lowest BCUT2D eigenvalue weighted by molar-refractivity contribution is -0.127. The van der Waals surface area contributed by atoms with Crippen LogP contribution >= 0.6 is 24.0 Å². The van der Waals surface area contributed by atoms with Crippen molar-refractivity contribution in [2.45, 2.75) is 18.6 Å². The van der Waals surface area contributed by atoms with E-state index in [2.05, 4.69) is 10.6 Å². The second-order valence-corrected chi connectivity index (χ2v) is 5.63. The Kier molecular flexibility index (Phi) is 5.43.